The van der Waals surface area contributed by atoms with Crippen molar-refractivity contribution < 1.29 is 24.1 Å². The van der Waals surface area contributed by atoms with Gasteiger partial charge >= 0.3 is 5.97 Å². The largest absolute Gasteiger partial charge is 0.493 e. The number of carbonyl (C=O) groups is 1. The topological polar surface area (TPSA) is 71.5 Å². The van der Waals surface area contributed by atoms with Crippen LogP contribution >= 0.6 is 11.6 Å². The van der Waals surface area contributed by atoms with Gasteiger partial charge in [0.2, 0.25) is 0 Å². The summed E-state index contributed by atoms with van der Waals surface area (Å²) in [7, 11) is 2.03. The van der Waals surface area contributed by atoms with Gasteiger partial charge < -0.3 is 24.2 Å². The van der Waals surface area contributed by atoms with Gasteiger partial charge in [-0.3, -0.25) is 9.69 Å². The third-order valence-electron chi connectivity index (χ3n) is 9.77. The van der Waals surface area contributed by atoms with Gasteiger partial charge in [0.15, 0.2) is 0 Å². The van der Waals surface area contributed by atoms with Crippen molar-refractivity contribution in [3.63, 3.8) is 0 Å². The maximum absolute atomic E-state index is 10.8. The van der Waals surface area contributed by atoms with Crippen molar-refractivity contribution >= 4 is 17.6 Å². The Morgan fingerprint density at radius 3 is 2.55 bits per heavy atom. The highest BCUT2D eigenvalue weighted by Gasteiger charge is 2.35. The van der Waals surface area contributed by atoms with Gasteiger partial charge in [-0.15, -0.1) is 0 Å². The van der Waals surface area contributed by atoms with Crippen LogP contribution in [0.3, 0.4) is 0 Å². The van der Waals surface area contributed by atoms with E-state index in [1.165, 1.54) is 40.8 Å². The molecule has 8 heteroatoms. The monoisotopic (exact) mass is 662 g/mol. The van der Waals surface area contributed by atoms with Crippen molar-refractivity contribution in [1.82, 2.24) is 9.80 Å². The second kappa shape index (κ2) is 15.8. The Morgan fingerprint density at radius 1 is 1.04 bits per heavy atom. The third kappa shape index (κ3) is 8.62. The summed E-state index contributed by atoms with van der Waals surface area (Å²) in [6, 6.07) is 16.8. The molecule has 47 heavy (non-hydrogen) atoms. The first-order chi connectivity index (χ1) is 22.6. The molecule has 2 aliphatic rings. The standard InChI is InChI=1S/C39H51ClN2O5/c1-6-45-36-25-37(33(40)24-28(36)26-41(5)20-8-7-16-38(43)44)47-35-18-17-31-30(13-9-14-32(31)35)29-12-10-15-34(27(29)2)46-23-11-21-42-22-19-39(42,3)4/h9-10,12-15,24-25,35H,6-8,11,16-23,26H2,1-5H3,(H,43,44)/t35-/m0/s1. The van der Waals surface area contributed by atoms with E-state index in [0.717, 1.165) is 55.8 Å². The molecule has 0 saturated carbocycles. The Kier molecular flexibility index (Phi) is 11.8. The van der Waals surface area contributed by atoms with E-state index in [2.05, 4.69) is 67.0 Å². The first-order valence-corrected chi connectivity index (χ1v) is 17.6. The molecule has 0 aromatic heterocycles. The van der Waals surface area contributed by atoms with Crippen LogP contribution in [0.1, 0.15) is 87.7 Å². The predicted octanol–water partition coefficient (Wildman–Crippen LogP) is 8.72. The minimum absolute atomic E-state index is 0.106. The number of benzene rings is 3. The molecule has 0 spiro atoms. The van der Waals surface area contributed by atoms with Gasteiger partial charge in [0, 0.05) is 43.2 Å². The van der Waals surface area contributed by atoms with Crippen molar-refractivity contribution in [3.8, 4) is 28.4 Å². The van der Waals surface area contributed by atoms with Crippen LogP contribution in [-0.2, 0) is 17.8 Å². The molecular weight excluding hydrogens is 612 g/mol. The Hall–Kier alpha value is -3.26. The zero-order chi connectivity index (χ0) is 33.6. The van der Waals surface area contributed by atoms with E-state index in [9.17, 15) is 4.79 Å². The second-order valence-corrected chi connectivity index (χ2v) is 14.0. The zero-order valence-corrected chi connectivity index (χ0v) is 29.5. The lowest BCUT2D eigenvalue weighted by Gasteiger charge is -2.48. The first-order valence-electron chi connectivity index (χ1n) is 17.2. The van der Waals surface area contributed by atoms with Crippen molar-refractivity contribution in [3.05, 3.63) is 75.8 Å². The molecule has 0 bridgehead atoms. The van der Waals surface area contributed by atoms with Crippen LogP contribution in [0.2, 0.25) is 5.02 Å². The molecule has 3 aromatic carbocycles. The molecule has 254 valence electrons. The quantitative estimate of drug-likeness (QED) is 0.145. The van der Waals surface area contributed by atoms with E-state index in [1.54, 1.807) is 0 Å². The van der Waals surface area contributed by atoms with Gasteiger partial charge in [-0.25, -0.2) is 0 Å². The van der Waals surface area contributed by atoms with E-state index in [4.69, 9.17) is 30.9 Å². The average Bonchev–Trinajstić information content (AvgIpc) is 3.44. The Bertz CT molecular complexity index is 1540. The van der Waals surface area contributed by atoms with Gasteiger partial charge in [-0.1, -0.05) is 41.9 Å². The summed E-state index contributed by atoms with van der Waals surface area (Å²) in [5, 5.41) is 9.47. The maximum atomic E-state index is 10.8. The number of rotatable bonds is 17. The minimum atomic E-state index is -0.753. The normalized spacial score (nSPS) is 17.0. The van der Waals surface area contributed by atoms with E-state index >= 15 is 0 Å². The van der Waals surface area contributed by atoms with Crippen LogP contribution in [-0.4, -0.2) is 66.3 Å². The van der Waals surface area contributed by atoms with Gasteiger partial charge in [-0.05, 0) is 120 Å². The van der Waals surface area contributed by atoms with Crippen molar-refractivity contribution in [2.45, 2.75) is 90.8 Å². The molecule has 3 aromatic rings. The van der Waals surface area contributed by atoms with E-state index in [0.29, 0.717) is 42.5 Å². The van der Waals surface area contributed by atoms with E-state index < -0.39 is 5.97 Å². The lowest BCUT2D eigenvalue weighted by Crippen LogP contribution is -2.55. The molecule has 0 radical (unpaired) electrons. The van der Waals surface area contributed by atoms with Gasteiger partial charge in [-0.2, -0.15) is 0 Å². The molecule has 1 heterocycles. The fourth-order valence-corrected chi connectivity index (χ4v) is 7.11. The number of likely N-dealkylation sites (tertiary alicyclic amines) is 1. The summed E-state index contributed by atoms with van der Waals surface area (Å²) in [6.07, 6.45) is 5.65. The summed E-state index contributed by atoms with van der Waals surface area (Å²) >= 11 is 6.83. The number of fused-ring (bicyclic) bond motifs is 1. The highest BCUT2D eigenvalue weighted by atomic mass is 35.5. The minimum Gasteiger partial charge on any atom is -0.493 e. The predicted molar refractivity (Wildman–Crippen MR) is 189 cm³/mol. The first kappa shape index (κ1) is 35.1. The summed E-state index contributed by atoms with van der Waals surface area (Å²) in [5.74, 6) is 1.59. The average molecular weight is 663 g/mol. The summed E-state index contributed by atoms with van der Waals surface area (Å²) in [4.78, 5) is 15.5. The fraction of sp³-hybridized carbons (Fsp3) is 0.513. The molecule has 5 rings (SSSR count). The molecule has 0 amide bonds. The van der Waals surface area contributed by atoms with Crippen LogP contribution < -0.4 is 14.2 Å². The van der Waals surface area contributed by atoms with Crippen LogP contribution in [0, 0.1) is 6.92 Å². The van der Waals surface area contributed by atoms with Crippen LogP contribution in [0.4, 0.5) is 0 Å². The molecule has 1 aliphatic heterocycles. The maximum Gasteiger partial charge on any atom is 0.303 e. The summed E-state index contributed by atoms with van der Waals surface area (Å²) < 4.78 is 19.0. The fourth-order valence-electron chi connectivity index (χ4n) is 6.88. The van der Waals surface area contributed by atoms with Gasteiger partial charge in [0.25, 0.3) is 0 Å². The molecule has 7 nitrogen and oxygen atoms in total. The molecule has 0 unspecified atom stereocenters. The Balaban J connectivity index is 1.27. The smallest absolute Gasteiger partial charge is 0.303 e. The van der Waals surface area contributed by atoms with Gasteiger partial charge in [0.05, 0.1) is 18.2 Å². The molecule has 1 fully saturated rings. The Labute approximate surface area is 285 Å². The Morgan fingerprint density at radius 2 is 1.83 bits per heavy atom. The van der Waals surface area contributed by atoms with Crippen molar-refractivity contribution in [2.75, 3.05) is 39.9 Å². The molecule has 1 atom stereocenters. The lowest BCUT2D eigenvalue weighted by molar-refractivity contribution is -0.137. The van der Waals surface area contributed by atoms with E-state index in [1.807, 2.05) is 26.1 Å². The number of unbranched alkanes of at least 4 members (excludes halogenated alkanes) is 1. The number of carboxylic acids is 1. The molecule has 1 N–H and O–H groups in total. The number of aliphatic carboxylic acids is 1. The molecule has 1 saturated heterocycles. The third-order valence-corrected chi connectivity index (χ3v) is 10.1. The highest BCUT2D eigenvalue weighted by molar-refractivity contribution is 6.32. The number of halogens is 1. The number of hydrogen-bond acceptors (Lipinski definition) is 6. The highest BCUT2D eigenvalue weighted by Crippen LogP contribution is 2.44. The van der Waals surface area contributed by atoms with Gasteiger partial charge in [0.1, 0.15) is 23.4 Å². The molecular formula is C39H51ClN2O5. The van der Waals surface area contributed by atoms with Crippen molar-refractivity contribution in [2.24, 2.45) is 0 Å². The second-order valence-electron chi connectivity index (χ2n) is 13.6. The van der Waals surface area contributed by atoms with Crippen LogP contribution in [0.25, 0.3) is 11.1 Å². The van der Waals surface area contributed by atoms with Crippen LogP contribution in [0.15, 0.2) is 48.5 Å². The summed E-state index contributed by atoms with van der Waals surface area (Å²) in [6.45, 7) is 13.7. The number of carboxylic acid groups (broad SMARTS) is 1. The van der Waals surface area contributed by atoms with E-state index in [-0.39, 0.29) is 12.5 Å². The zero-order valence-electron chi connectivity index (χ0n) is 28.7. The SMILES string of the molecule is CCOc1cc(O[C@H]2CCc3c(-c4cccc(OCCCN5CCC5(C)C)c4C)cccc32)c(Cl)cc1CN(C)CCCCC(=O)O. The summed E-state index contributed by atoms with van der Waals surface area (Å²) in [5.41, 5.74) is 7.44. The molecule has 1 aliphatic carbocycles. The number of ether oxygens (including phenoxy) is 3. The van der Waals surface area contributed by atoms with Crippen LogP contribution in [0.5, 0.6) is 17.2 Å². The van der Waals surface area contributed by atoms with Crippen molar-refractivity contribution in [1.29, 1.82) is 0 Å². The number of hydrogen-bond donors (Lipinski definition) is 1. The number of nitrogens with zero attached hydrogens (tertiary/aromatic N) is 2. The lowest BCUT2D eigenvalue weighted by atomic mass is 9.89.